The lowest BCUT2D eigenvalue weighted by Gasteiger charge is -2.02. The fourth-order valence-electron chi connectivity index (χ4n) is 2.10. The number of hydrogen-bond acceptors (Lipinski definition) is 4. The van der Waals surface area contributed by atoms with Crippen LogP contribution in [0.2, 0.25) is 10.0 Å². The number of benzene rings is 2. The molecule has 1 aromatic heterocycles. The van der Waals surface area contributed by atoms with Crippen molar-refractivity contribution in [1.29, 1.82) is 5.26 Å². The van der Waals surface area contributed by atoms with Crippen LogP contribution in [-0.2, 0) is 0 Å². The lowest BCUT2D eigenvalue weighted by Crippen LogP contribution is -1.93. The van der Waals surface area contributed by atoms with Gasteiger partial charge in [-0.05, 0) is 30.3 Å². The number of hydrogen-bond donors (Lipinski definition) is 1. The van der Waals surface area contributed by atoms with Crippen molar-refractivity contribution in [2.45, 2.75) is 0 Å². The van der Waals surface area contributed by atoms with Gasteiger partial charge >= 0.3 is 0 Å². The fourth-order valence-corrected chi connectivity index (χ4v) is 3.39. The van der Waals surface area contributed by atoms with E-state index in [1.54, 1.807) is 23.6 Å². The van der Waals surface area contributed by atoms with Gasteiger partial charge in [0.25, 0.3) is 0 Å². The summed E-state index contributed by atoms with van der Waals surface area (Å²) in [5.74, 6) is -1.92. The van der Waals surface area contributed by atoms with Crippen molar-refractivity contribution in [2.24, 2.45) is 0 Å². The highest BCUT2D eigenvalue weighted by Gasteiger charge is 2.12. The summed E-state index contributed by atoms with van der Waals surface area (Å²) in [5.41, 5.74) is 1.87. The third-order valence-corrected chi connectivity index (χ3v) is 4.79. The van der Waals surface area contributed by atoms with E-state index in [-0.39, 0.29) is 5.57 Å². The number of allylic oxidation sites excluding steroid dienone is 1. The molecular weight excluding hydrogens is 399 g/mol. The number of nitriles is 1. The summed E-state index contributed by atoms with van der Waals surface area (Å²) in [6, 6.07) is 10.5. The van der Waals surface area contributed by atoms with Crippen molar-refractivity contribution >= 4 is 45.8 Å². The van der Waals surface area contributed by atoms with Gasteiger partial charge in [-0.2, -0.15) is 5.26 Å². The Morgan fingerprint density at radius 2 is 1.96 bits per heavy atom. The Morgan fingerprint density at radius 3 is 2.65 bits per heavy atom. The SMILES string of the molecule is N#CC(=CNc1ccc(F)c(F)c1)c1nc(-c2ccc(Cl)cc2Cl)cs1. The molecule has 0 aliphatic rings. The molecule has 0 aliphatic carbocycles. The Bertz CT molecular complexity index is 1040. The van der Waals surface area contributed by atoms with Gasteiger partial charge in [-0.25, -0.2) is 13.8 Å². The first kappa shape index (κ1) is 18.3. The number of nitrogens with one attached hydrogen (secondary N) is 1. The molecule has 3 nitrogen and oxygen atoms in total. The average Bonchev–Trinajstić information content (AvgIpc) is 3.08. The van der Waals surface area contributed by atoms with E-state index < -0.39 is 11.6 Å². The first-order valence-electron chi connectivity index (χ1n) is 7.21. The quantitative estimate of drug-likeness (QED) is 0.510. The molecule has 0 radical (unpaired) electrons. The highest BCUT2D eigenvalue weighted by Crippen LogP contribution is 2.32. The number of aromatic nitrogens is 1. The zero-order chi connectivity index (χ0) is 18.7. The Balaban J connectivity index is 1.86. The molecule has 0 amide bonds. The maximum atomic E-state index is 13.2. The minimum absolute atomic E-state index is 0.246. The lowest BCUT2D eigenvalue weighted by atomic mass is 10.2. The number of anilines is 1. The maximum absolute atomic E-state index is 13.2. The monoisotopic (exact) mass is 407 g/mol. The summed E-state index contributed by atoms with van der Waals surface area (Å²) in [7, 11) is 0. The Hall–Kier alpha value is -2.46. The van der Waals surface area contributed by atoms with Crippen molar-refractivity contribution in [2.75, 3.05) is 5.32 Å². The molecule has 0 spiro atoms. The normalized spacial score (nSPS) is 11.3. The zero-order valence-corrected chi connectivity index (χ0v) is 15.3. The third-order valence-electron chi connectivity index (χ3n) is 3.36. The van der Waals surface area contributed by atoms with Crippen LogP contribution in [-0.4, -0.2) is 4.98 Å². The maximum Gasteiger partial charge on any atom is 0.160 e. The summed E-state index contributed by atoms with van der Waals surface area (Å²) >= 11 is 13.3. The molecule has 0 saturated heterocycles. The largest absolute Gasteiger partial charge is 0.360 e. The molecule has 1 N–H and O–H groups in total. The van der Waals surface area contributed by atoms with Gasteiger partial charge in [-0.1, -0.05) is 23.2 Å². The Morgan fingerprint density at radius 1 is 1.15 bits per heavy atom. The van der Waals surface area contributed by atoms with Crippen LogP contribution in [0.25, 0.3) is 16.8 Å². The second-order valence-electron chi connectivity index (χ2n) is 5.11. The van der Waals surface area contributed by atoms with Crippen molar-refractivity contribution in [3.8, 4) is 17.3 Å². The summed E-state index contributed by atoms with van der Waals surface area (Å²) in [6.45, 7) is 0. The van der Waals surface area contributed by atoms with E-state index in [2.05, 4.69) is 10.3 Å². The number of nitrogens with zero attached hydrogens (tertiary/aromatic N) is 2. The smallest absolute Gasteiger partial charge is 0.160 e. The summed E-state index contributed by atoms with van der Waals surface area (Å²) in [6.07, 6.45) is 1.39. The van der Waals surface area contributed by atoms with Gasteiger partial charge in [0.05, 0.1) is 10.7 Å². The molecule has 0 saturated carbocycles. The highest BCUT2D eigenvalue weighted by molar-refractivity contribution is 7.11. The molecule has 2 aromatic carbocycles. The van der Waals surface area contributed by atoms with Gasteiger partial charge in [0.2, 0.25) is 0 Å². The fraction of sp³-hybridized carbons (Fsp3) is 0. The predicted octanol–water partition coefficient (Wildman–Crippen LogP) is 6.37. The second kappa shape index (κ2) is 7.83. The van der Waals surface area contributed by atoms with Gasteiger partial charge < -0.3 is 5.32 Å². The van der Waals surface area contributed by atoms with Crippen LogP contribution >= 0.6 is 34.5 Å². The molecule has 0 unspecified atom stereocenters. The standard InChI is InChI=1S/C18H9Cl2F2N3S/c19-11-1-3-13(14(20)5-11)17-9-26-18(25-17)10(7-23)8-24-12-2-4-15(21)16(22)6-12/h1-6,8-9,24H. The minimum Gasteiger partial charge on any atom is -0.360 e. The van der Waals surface area contributed by atoms with Crippen LogP contribution in [0.3, 0.4) is 0 Å². The lowest BCUT2D eigenvalue weighted by molar-refractivity contribution is 0.509. The molecule has 0 atom stereocenters. The van der Waals surface area contributed by atoms with Crippen LogP contribution < -0.4 is 5.32 Å². The molecular formula is C18H9Cl2F2N3S. The Kier molecular flexibility index (Phi) is 5.52. The van der Waals surface area contributed by atoms with Crippen LogP contribution in [0.15, 0.2) is 48.0 Å². The van der Waals surface area contributed by atoms with Gasteiger partial charge in [0.15, 0.2) is 11.6 Å². The average molecular weight is 408 g/mol. The van der Waals surface area contributed by atoms with Gasteiger partial charge in [-0.15, -0.1) is 11.3 Å². The molecule has 8 heteroatoms. The van der Waals surface area contributed by atoms with E-state index in [0.29, 0.717) is 32.0 Å². The zero-order valence-electron chi connectivity index (χ0n) is 12.9. The summed E-state index contributed by atoms with van der Waals surface area (Å²) in [4.78, 5) is 4.41. The van der Waals surface area contributed by atoms with E-state index in [1.165, 1.54) is 23.6 Å². The molecule has 3 aromatic rings. The number of rotatable bonds is 4. The van der Waals surface area contributed by atoms with E-state index in [1.807, 2.05) is 6.07 Å². The minimum atomic E-state index is -0.976. The second-order valence-corrected chi connectivity index (χ2v) is 6.81. The molecule has 0 aliphatic heterocycles. The number of halogens is 4. The van der Waals surface area contributed by atoms with Crippen LogP contribution in [0, 0.1) is 23.0 Å². The summed E-state index contributed by atoms with van der Waals surface area (Å²) in [5, 5.41) is 15.3. The molecule has 0 bridgehead atoms. The Labute approximate surface area is 162 Å². The highest BCUT2D eigenvalue weighted by atomic mass is 35.5. The van der Waals surface area contributed by atoms with Crippen LogP contribution in [0.4, 0.5) is 14.5 Å². The van der Waals surface area contributed by atoms with Crippen molar-refractivity contribution in [1.82, 2.24) is 4.98 Å². The van der Waals surface area contributed by atoms with Gasteiger partial charge in [0, 0.05) is 33.9 Å². The van der Waals surface area contributed by atoms with Crippen LogP contribution in [0.1, 0.15) is 5.01 Å². The van der Waals surface area contributed by atoms with Crippen molar-refractivity contribution < 1.29 is 8.78 Å². The topological polar surface area (TPSA) is 48.7 Å². The van der Waals surface area contributed by atoms with E-state index in [0.717, 1.165) is 12.1 Å². The first-order chi connectivity index (χ1) is 12.5. The van der Waals surface area contributed by atoms with E-state index in [9.17, 15) is 14.0 Å². The number of thiazole rings is 1. The van der Waals surface area contributed by atoms with Gasteiger partial charge in [0.1, 0.15) is 16.6 Å². The molecule has 1 heterocycles. The molecule has 26 heavy (non-hydrogen) atoms. The molecule has 130 valence electrons. The van der Waals surface area contributed by atoms with Crippen molar-refractivity contribution in [3.05, 3.63) is 74.7 Å². The van der Waals surface area contributed by atoms with Crippen LogP contribution in [0.5, 0.6) is 0 Å². The molecule has 0 fully saturated rings. The molecule has 3 rings (SSSR count). The van der Waals surface area contributed by atoms with Crippen molar-refractivity contribution in [3.63, 3.8) is 0 Å². The summed E-state index contributed by atoms with van der Waals surface area (Å²) < 4.78 is 26.2. The van der Waals surface area contributed by atoms with E-state index in [4.69, 9.17) is 23.2 Å². The first-order valence-corrected chi connectivity index (χ1v) is 8.84. The predicted molar refractivity (Wildman–Crippen MR) is 101 cm³/mol. The third kappa shape index (κ3) is 4.02. The van der Waals surface area contributed by atoms with E-state index >= 15 is 0 Å². The van der Waals surface area contributed by atoms with Gasteiger partial charge in [-0.3, -0.25) is 0 Å².